The number of nitrogens with two attached hydrogens (primary N) is 3. The lowest BCUT2D eigenvalue weighted by molar-refractivity contribution is 0.0905. The Bertz CT molecular complexity index is 285. The van der Waals surface area contributed by atoms with Gasteiger partial charge in [0.05, 0.1) is 6.04 Å². The van der Waals surface area contributed by atoms with Gasteiger partial charge in [-0.3, -0.25) is 0 Å². The zero-order chi connectivity index (χ0) is 10.8. The van der Waals surface area contributed by atoms with Crippen LogP contribution in [0.25, 0.3) is 0 Å². The Labute approximate surface area is 89.2 Å². The van der Waals surface area contributed by atoms with E-state index in [1.54, 1.807) is 0 Å². The highest BCUT2D eigenvalue weighted by atomic mass is 15.2. The van der Waals surface area contributed by atoms with Crippen molar-refractivity contribution in [3.8, 4) is 0 Å². The van der Waals surface area contributed by atoms with Crippen molar-refractivity contribution in [3.05, 3.63) is 0 Å². The molecule has 6 nitrogen and oxygen atoms in total. The Kier molecular flexibility index (Phi) is 2.77. The standard InChI is InChI=1S/C9H18N6/c10-8(11)14-9(12)13-7-5-15-3-1-6(7)2-4-15/h6-7H,1-5H2,(H6,10,11,12,13,14). The van der Waals surface area contributed by atoms with Gasteiger partial charge in [0.25, 0.3) is 0 Å². The SMILES string of the molecule is NC(N)=NC(N)=NC1CN2CCC1CC2. The molecule has 0 aromatic heterocycles. The summed E-state index contributed by atoms with van der Waals surface area (Å²) >= 11 is 0. The van der Waals surface area contributed by atoms with E-state index < -0.39 is 0 Å². The van der Waals surface area contributed by atoms with E-state index in [4.69, 9.17) is 17.2 Å². The smallest absolute Gasteiger partial charge is 0.218 e. The first-order valence-electron chi connectivity index (χ1n) is 5.30. The first-order valence-corrected chi connectivity index (χ1v) is 5.30. The van der Waals surface area contributed by atoms with E-state index in [2.05, 4.69) is 14.9 Å². The van der Waals surface area contributed by atoms with Gasteiger partial charge in [-0.1, -0.05) is 0 Å². The third-order valence-electron chi connectivity index (χ3n) is 3.16. The molecule has 3 saturated heterocycles. The predicted molar refractivity (Wildman–Crippen MR) is 60.4 cm³/mol. The maximum atomic E-state index is 5.62. The van der Waals surface area contributed by atoms with Gasteiger partial charge in [-0.2, -0.15) is 4.99 Å². The van der Waals surface area contributed by atoms with Crippen molar-refractivity contribution < 1.29 is 0 Å². The minimum Gasteiger partial charge on any atom is -0.370 e. The molecule has 0 saturated carbocycles. The lowest BCUT2D eigenvalue weighted by Crippen LogP contribution is -2.50. The van der Waals surface area contributed by atoms with Gasteiger partial charge in [0.2, 0.25) is 5.96 Å². The van der Waals surface area contributed by atoms with Crippen molar-refractivity contribution in [2.24, 2.45) is 33.1 Å². The summed E-state index contributed by atoms with van der Waals surface area (Å²) in [7, 11) is 0. The largest absolute Gasteiger partial charge is 0.370 e. The second-order valence-electron chi connectivity index (χ2n) is 4.23. The Morgan fingerprint density at radius 2 is 1.80 bits per heavy atom. The van der Waals surface area contributed by atoms with Crippen LogP contribution in [0.2, 0.25) is 0 Å². The normalized spacial score (nSPS) is 35.2. The van der Waals surface area contributed by atoms with Gasteiger partial charge in [0.1, 0.15) is 0 Å². The van der Waals surface area contributed by atoms with Gasteiger partial charge in [-0.15, -0.1) is 0 Å². The van der Waals surface area contributed by atoms with Crippen LogP contribution in [0, 0.1) is 5.92 Å². The van der Waals surface area contributed by atoms with Crippen LogP contribution in [0.15, 0.2) is 9.98 Å². The molecular weight excluding hydrogens is 192 g/mol. The molecule has 84 valence electrons. The monoisotopic (exact) mass is 210 g/mol. The van der Waals surface area contributed by atoms with Crippen molar-refractivity contribution in [2.75, 3.05) is 19.6 Å². The first kappa shape index (κ1) is 10.2. The van der Waals surface area contributed by atoms with Gasteiger partial charge in [-0.05, 0) is 31.8 Å². The maximum Gasteiger partial charge on any atom is 0.218 e. The summed E-state index contributed by atoms with van der Waals surface area (Å²) in [5.41, 5.74) is 16.1. The van der Waals surface area contributed by atoms with E-state index in [-0.39, 0.29) is 18.0 Å². The fraction of sp³-hybridized carbons (Fsp3) is 0.778. The fourth-order valence-electron chi connectivity index (χ4n) is 2.41. The maximum absolute atomic E-state index is 5.62. The highest BCUT2D eigenvalue weighted by molar-refractivity contribution is 5.92. The van der Waals surface area contributed by atoms with Crippen LogP contribution in [-0.4, -0.2) is 42.5 Å². The number of piperidine rings is 3. The van der Waals surface area contributed by atoms with E-state index in [0.717, 1.165) is 6.54 Å². The van der Waals surface area contributed by atoms with Crippen molar-refractivity contribution in [3.63, 3.8) is 0 Å². The van der Waals surface area contributed by atoms with Crippen LogP contribution in [0.5, 0.6) is 0 Å². The molecule has 3 aliphatic rings. The summed E-state index contributed by atoms with van der Waals surface area (Å²) in [4.78, 5) is 10.5. The van der Waals surface area contributed by atoms with E-state index in [1.807, 2.05) is 0 Å². The summed E-state index contributed by atoms with van der Waals surface area (Å²) in [6.45, 7) is 3.38. The quantitative estimate of drug-likeness (QED) is 0.368. The average molecular weight is 210 g/mol. The molecule has 0 aliphatic carbocycles. The molecule has 0 spiro atoms. The molecule has 3 rings (SSSR count). The molecule has 0 radical (unpaired) electrons. The average Bonchev–Trinajstić information content (AvgIpc) is 2.17. The van der Waals surface area contributed by atoms with Gasteiger partial charge in [-0.25, -0.2) is 4.99 Å². The third-order valence-corrected chi connectivity index (χ3v) is 3.16. The van der Waals surface area contributed by atoms with Gasteiger partial charge in [0, 0.05) is 6.54 Å². The first-order chi connectivity index (χ1) is 7.15. The number of rotatable bonds is 1. The second kappa shape index (κ2) is 4.06. The predicted octanol–water partition coefficient (Wildman–Crippen LogP) is -1.33. The van der Waals surface area contributed by atoms with Crippen LogP contribution in [0.1, 0.15) is 12.8 Å². The molecule has 1 atom stereocenters. The van der Waals surface area contributed by atoms with Crippen molar-refractivity contribution >= 4 is 11.9 Å². The molecule has 15 heavy (non-hydrogen) atoms. The van der Waals surface area contributed by atoms with Crippen LogP contribution >= 0.6 is 0 Å². The lowest BCUT2D eigenvalue weighted by atomic mass is 9.84. The summed E-state index contributed by atoms with van der Waals surface area (Å²) < 4.78 is 0. The number of guanidine groups is 2. The summed E-state index contributed by atoms with van der Waals surface area (Å²) in [6.07, 6.45) is 2.42. The molecule has 1 unspecified atom stereocenters. The van der Waals surface area contributed by atoms with E-state index in [1.165, 1.54) is 25.9 Å². The van der Waals surface area contributed by atoms with Crippen LogP contribution in [0.4, 0.5) is 0 Å². The molecular formula is C9H18N6. The molecule has 6 heteroatoms. The minimum absolute atomic E-state index is 0.0301. The highest BCUT2D eigenvalue weighted by Crippen LogP contribution is 2.29. The van der Waals surface area contributed by atoms with Crippen molar-refractivity contribution in [1.29, 1.82) is 0 Å². The molecule has 0 aromatic carbocycles. The van der Waals surface area contributed by atoms with Crippen molar-refractivity contribution in [2.45, 2.75) is 18.9 Å². The number of nitrogens with zero attached hydrogens (tertiary/aromatic N) is 3. The Hall–Kier alpha value is -1.30. The lowest BCUT2D eigenvalue weighted by Gasteiger charge is -2.42. The van der Waals surface area contributed by atoms with Crippen LogP contribution in [0.3, 0.4) is 0 Å². The second-order valence-corrected chi connectivity index (χ2v) is 4.23. The number of hydrogen-bond donors (Lipinski definition) is 3. The Morgan fingerprint density at radius 1 is 1.13 bits per heavy atom. The van der Waals surface area contributed by atoms with E-state index in [9.17, 15) is 0 Å². The molecule has 0 amide bonds. The number of fused-ring (bicyclic) bond motifs is 3. The van der Waals surface area contributed by atoms with Gasteiger partial charge >= 0.3 is 0 Å². The van der Waals surface area contributed by atoms with Crippen molar-refractivity contribution in [1.82, 2.24) is 4.90 Å². The summed E-state index contributed by atoms with van der Waals surface area (Å²) in [6, 6.07) is 0.274. The fourth-order valence-corrected chi connectivity index (χ4v) is 2.41. The number of hydrogen-bond acceptors (Lipinski definition) is 2. The molecule has 0 aromatic rings. The number of aliphatic imine (C=N–C) groups is 2. The van der Waals surface area contributed by atoms with Gasteiger partial charge < -0.3 is 22.1 Å². The Balaban J connectivity index is 2.03. The summed E-state index contributed by atoms with van der Waals surface area (Å²) in [5.74, 6) is 0.828. The highest BCUT2D eigenvalue weighted by Gasteiger charge is 2.33. The van der Waals surface area contributed by atoms with E-state index in [0.29, 0.717) is 5.92 Å². The van der Waals surface area contributed by atoms with Gasteiger partial charge in [0.15, 0.2) is 5.96 Å². The van der Waals surface area contributed by atoms with E-state index >= 15 is 0 Å². The minimum atomic E-state index is -0.0301. The molecule has 6 N–H and O–H groups in total. The topological polar surface area (TPSA) is 106 Å². The molecule has 3 fully saturated rings. The third kappa shape index (κ3) is 2.38. The zero-order valence-electron chi connectivity index (χ0n) is 8.76. The Morgan fingerprint density at radius 3 is 2.27 bits per heavy atom. The molecule has 3 aliphatic heterocycles. The zero-order valence-corrected chi connectivity index (χ0v) is 8.76. The van der Waals surface area contributed by atoms with Crippen LogP contribution < -0.4 is 17.2 Å². The summed E-state index contributed by atoms with van der Waals surface area (Å²) in [5, 5.41) is 0. The molecule has 3 heterocycles. The van der Waals surface area contributed by atoms with Crippen LogP contribution in [-0.2, 0) is 0 Å². The molecule has 2 bridgehead atoms.